The molecular formula is C23H20N4O2. The summed E-state index contributed by atoms with van der Waals surface area (Å²) in [6.07, 6.45) is 3.42. The molecule has 1 N–H and O–H groups in total. The minimum Gasteiger partial charge on any atom is -0.421 e. The molecule has 0 fully saturated rings. The number of nitrogens with zero attached hydrogens (tertiary/aromatic N) is 3. The largest absolute Gasteiger partial charge is 0.421 e. The van der Waals surface area contributed by atoms with Crippen molar-refractivity contribution in [1.82, 2.24) is 20.5 Å². The van der Waals surface area contributed by atoms with Gasteiger partial charge in [0.05, 0.1) is 0 Å². The Labute approximate surface area is 168 Å². The van der Waals surface area contributed by atoms with Crippen LogP contribution in [0.1, 0.15) is 27.4 Å². The summed E-state index contributed by atoms with van der Waals surface area (Å²) in [5, 5.41) is 10.9. The lowest BCUT2D eigenvalue weighted by molar-refractivity contribution is 0.0951. The Bertz CT molecular complexity index is 1140. The number of aryl methyl sites for hydroxylation is 2. The van der Waals surface area contributed by atoms with Crippen LogP contribution < -0.4 is 5.32 Å². The fraction of sp³-hybridized carbons (Fsp3) is 0.130. The van der Waals surface area contributed by atoms with Crippen molar-refractivity contribution in [3.8, 4) is 22.6 Å². The van der Waals surface area contributed by atoms with E-state index in [1.165, 1.54) is 0 Å². The molecule has 2 aromatic heterocycles. The molecule has 29 heavy (non-hydrogen) atoms. The molecule has 0 saturated heterocycles. The number of nitrogens with one attached hydrogen (secondary N) is 1. The van der Waals surface area contributed by atoms with E-state index in [1.54, 1.807) is 19.3 Å². The Morgan fingerprint density at radius 1 is 0.931 bits per heavy atom. The van der Waals surface area contributed by atoms with Gasteiger partial charge in [0.25, 0.3) is 5.91 Å². The topological polar surface area (TPSA) is 80.9 Å². The summed E-state index contributed by atoms with van der Waals surface area (Å²) in [6.45, 7) is 4.28. The molecule has 1 amide bonds. The molecule has 2 aromatic carbocycles. The molecule has 6 heteroatoms. The Hall–Kier alpha value is -3.80. The molecule has 2 heterocycles. The van der Waals surface area contributed by atoms with Gasteiger partial charge in [-0.15, -0.1) is 10.2 Å². The van der Waals surface area contributed by atoms with Crippen LogP contribution in [0.4, 0.5) is 0 Å². The van der Waals surface area contributed by atoms with Crippen LogP contribution in [0.2, 0.25) is 0 Å². The van der Waals surface area contributed by atoms with E-state index in [4.69, 9.17) is 4.42 Å². The fourth-order valence-corrected chi connectivity index (χ4v) is 3.07. The highest BCUT2D eigenvalue weighted by molar-refractivity contribution is 5.94. The monoisotopic (exact) mass is 384 g/mol. The van der Waals surface area contributed by atoms with Crippen molar-refractivity contribution in [2.75, 3.05) is 0 Å². The number of rotatable bonds is 5. The molecule has 0 radical (unpaired) electrons. The van der Waals surface area contributed by atoms with E-state index in [9.17, 15) is 4.79 Å². The van der Waals surface area contributed by atoms with Gasteiger partial charge in [0, 0.05) is 37.0 Å². The maximum atomic E-state index is 12.4. The SMILES string of the molecule is Cc1nnc(-c2ccc(C)c(-c3ccc(C(=O)NCc4ccncc4)cc3)c2)o1. The van der Waals surface area contributed by atoms with E-state index in [0.717, 1.165) is 27.8 Å². The normalized spacial score (nSPS) is 10.7. The number of hydrogen-bond acceptors (Lipinski definition) is 5. The van der Waals surface area contributed by atoms with Gasteiger partial charge >= 0.3 is 0 Å². The highest BCUT2D eigenvalue weighted by atomic mass is 16.4. The first-order valence-corrected chi connectivity index (χ1v) is 9.29. The molecule has 0 unspecified atom stereocenters. The third kappa shape index (κ3) is 4.21. The number of carbonyl (C=O) groups is 1. The van der Waals surface area contributed by atoms with E-state index in [-0.39, 0.29) is 5.91 Å². The van der Waals surface area contributed by atoms with Crippen LogP contribution in [0.15, 0.2) is 71.4 Å². The van der Waals surface area contributed by atoms with E-state index in [1.807, 2.05) is 61.5 Å². The zero-order valence-corrected chi connectivity index (χ0v) is 16.2. The van der Waals surface area contributed by atoms with E-state index < -0.39 is 0 Å². The number of aromatic nitrogens is 3. The van der Waals surface area contributed by atoms with E-state index in [0.29, 0.717) is 23.9 Å². The van der Waals surface area contributed by atoms with Crippen LogP contribution in [0, 0.1) is 13.8 Å². The summed E-state index contributed by atoms with van der Waals surface area (Å²) < 4.78 is 5.54. The van der Waals surface area contributed by atoms with Crippen molar-refractivity contribution in [3.63, 3.8) is 0 Å². The van der Waals surface area contributed by atoms with Gasteiger partial charge in [0.2, 0.25) is 11.8 Å². The molecule has 0 atom stereocenters. The molecule has 144 valence electrons. The van der Waals surface area contributed by atoms with Gasteiger partial charge in [0.1, 0.15) is 0 Å². The predicted octanol–water partition coefficient (Wildman–Crippen LogP) is 4.35. The summed E-state index contributed by atoms with van der Waals surface area (Å²) in [6, 6.07) is 17.3. The van der Waals surface area contributed by atoms with Gasteiger partial charge in [-0.1, -0.05) is 18.2 Å². The second-order valence-electron chi connectivity index (χ2n) is 6.77. The standard InChI is InChI=1S/C23H20N4O2/c1-15-3-4-20(23-27-26-16(2)29-23)13-21(15)18-5-7-19(8-6-18)22(28)25-14-17-9-11-24-12-10-17/h3-13H,14H2,1-2H3,(H,25,28). The number of amides is 1. The first-order valence-electron chi connectivity index (χ1n) is 9.29. The maximum absolute atomic E-state index is 12.4. The molecule has 0 aliphatic heterocycles. The Kier molecular flexibility index (Phi) is 5.16. The van der Waals surface area contributed by atoms with Gasteiger partial charge in [-0.3, -0.25) is 9.78 Å². The minimum absolute atomic E-state index is 0.111. The molecule has 0 aliphatic carbocycles. The molecular weight excluding hydrogens is 364 g/mol. The van der Waals surface area contributed by atoms with Gasteiger partial charge in [0.15, 0.2) is 0 Å². The zero-order valence-electron chi connectivity index (χ0n) is 16.2. The summed E-state index contributed by atoms with van der Waals surface area (Å²) in [5.74, 6) is 0.917. The third-order valence-corrected chi connectivity index (χ3v) is 4.67. The number of hydrogen-bond donors (Lipinski definition) is 1. The van der Waals surface area contributed by atoms with Crippen molar-refractivity contribution in [1.29, 1.82) is 0 Å². The van der Waals surface area contributed by atoms with Crippen molar-refractivity contribution in [3.05, 3.63) is 89.6 Å². The molecule has 0 spiro atoms. The van der Waals surface area contributed by atoms with Crippen LogP contribution >= 0.6 is 0 Å². The summed E-state index contributed by atoms with van der Waals surface area (Å²) in [7, 11) is 0. The fourth-order valence-electron chi connectivity index (χ4n) is 3.07. The van der Waals surface area contributed by atoms with Crippen molar-refractivity contribution in [2.45, 2.75) is 20.4 Å². The highest BCUT2D eigenvalue weighted by Gasteiger charge is 2.11. The lowest BCUT2D eigenvalue weighted by Crippen LogP contribution is -2.22. The smallest absolute Gasteiger partial charge is 0.251 e. The molecule has 4 rings (SSSR count). The zero-order chi connectivity index (χ0) is 20.2. The van der Waals surface area contributed by atoms with Crippen molar-refractivity contribution >= 4 is 5.91 Å². The lowest BCUT2D eigenvalue weighted by atomic mass is 9.97. The summed E-state index contributed by atoms with van der Waals surface area (Å²) >= 11 is 0. The van der Waals surface area contributed by atoms with Crippen LogP contribution in [0.25, 0.3) is 22.6 Å². The van der Waals surface area contributed by atoms with Crippen LogP contribution in [0.5, 0.6) is 0 Å². The number of benzene rings is 2. The number of pyridine rings is 1. The Morgan fingerprint density at radius 2 is 1.66 bits per heavy atom. The van der Waals surface area contributed by atoms with Gasteiger partial charge in [-0.2, -0.15) is 0 Å². The van der Waals surface area contributed by atoms with Gasteiger partial charge in [-0.05, 0) is 65.6 Å². The second kappa shape index (κ2) is 8.06. The maximum Gasteiger partial charge on any atom is 0.251 e. The van der Waals surface area contributed by atoms with Crippen LogP contribution in [-0.4, -0.2) is 21.1 Å². The molecule has 6 nitrogen and oxygen atoms in total. The quantitative estimate of drug-likeness (QED) is 0.553. The third-order valence-electron chi connectivity index (χ3n) is 4.67. The minimum atomic E-state index is -0.111. The highest BCUT2D eigenvalue weighted by Crippen LogP contribution is 2.29. The van der Waals surface area contributed by atoms with E-state index in [2.05, 4.69) is 20.5 Å². The van der Waals surface area contributed by atoms with Crippen LogP contribution in [-0.2, 0) is 6.54 Å². The van der Waals surface area contributed by atoms with Crippen molar-refractivity contribution < 1.29 is 9.21 Å². The van der Waals surface area contributed by atoms with E-state index >= 15 is 0 Å². The molecule has 4 aromatic rings. The summed E-state index contributed by atoms with van der Waals surface area (Å²) in [5.41, 5.74) is 5.69. The predicted molar refractivity (Wildman–Crippen MR) is 110 cm³/mol. The van der Waals surface area contributed by atoms with Crippen LogP contribution in [0.3, 0.4) is 0 Å². The average molecular weight is 384 g/mol. The summed E-state index contributed by atoms with van der Waals surface area (Å²) in [4.78, 5) is 16.4. The molecule has 0 saturated carbocycles. The number of carbonyl (C=O) groups excluding carboxylic acids is 1. The first kappa shape index (κ1) is 18.6. The lowest BCUT2D eigenvalue weighted by Gasteiger charge is -2.09. The molecule has 0 bridgehead atoms. The first-order chi connectivity index (χ1) is 14.1. The second-order valence-corrected chi connectivity index (χ2v) is 6.77. The average Bonchev–Trinajstić information content (AvgIpc) is 3.19. The van der Waals surface area contributed by atoms with Gasteiger partial charge < -0.3 is 9.73 Å². The Balaban J connectivity index is 1.52. The van der Waals surface area contributed by atoms with Gasteiger partial charge in [-0.25, -0.2) is 0 Å². The molecule has 0 aliphatic rings. The van der Waals surface area contributed by atoms with Crippen molar-refractivity contribution in [2.24, 2.45) is 0 Å². The Morgan fingerprint density at radius 3 is 2.34 bits per heavy atom.